The second-order valence-electron chi connectivity index (χ2n) is 7.15. The largest absolute Gasteiger partial charge is 0.491 e. The molecule has 3 rings (SSSR count). The van der Waals surface area contributed by atoms with Gasteiger partial charge in [-0.3, -0.25) is 4.90 Å². The Balaban J connectivity index is 1.85. The maximum Gasteiger partial charge on any atom is 0.128 e. The summed E-state index contributed by atoms with van der Waals surface area (Å²) in [6.07, 6.45) is 0.847. The van der Waals surface area contributed by atoms with Crippen molar-refractivity contribution in [1.82, 2.24) is 4.90 Å². The van der Waals surface area contributed by atoms with Gasteiger partial charge in [-0.2, -0.15) is 0 Å². The van der Waals surface area contributed by atoms with Gasteiger partial charge in [0.1, 0.15) is 18.5 Å². The molecule has 1 saturated heterocycles. The number of hydrogen-bond acceptors (Lipinski definition) is 3. The normalized spacial score (nSPS) is 33.4. The number of piperidine rings is 1. The van der Waals surface area contributed by atoms with Gasteiger partial charge in [0.2, 0.25) is 0 Å². The molecule has 1 aromatic rings. The molecule has 1 N–H and O–H groups in total. The van der Waals surface area contributed by atoms with Crippen LogP contribution in [0.3, 0.4) is 0 Å². The Hall–Kier alpha value is -1.06. The van der Waals surface area contributed by atoms with E-state index in [1.165, 1.54) is 12.0 Å². The van der Waals surface area contributed by atoms with Gasteiger partial charge in [0.15, 0.2) is 0 Å². The quantitative estimate of drug-likeness (QED) is 0.862. The Morgan fingerprint density at radius 1 is 1.14 bits per heavy atom. The molecule has 0 amide bonds. The summed E-state index contributed by atoms with van der Waals surface area (Å²) < 4.78 is 6.04. The van der Waals surface area contributed by atoms with Crippen molar-refractivity contribution in [2.75, 3.05) is 19.7 Å². The highest BCUT2D eigenvalue weighted by Crippen LogP contribution is 2.39. The highest BCUT2D eigenvalue weighted by atomic mass is 16.5. The smallest absolute Gasteiger partial charge is 0.128 e. The molecule has 0 spiro atoms. The van der Waals surface area contributed by atoms with Crippen LogP contribution in [0.15, 0.2) is 12.1 Å². The van der Waals surface area contributed by atoms with E-state index < -0.39 is 6.10 Å². The predicted octanol–water partition coefficient (Wildman–Crippen LogP) is 3.08. The zero-order chi connectivity index (χ0) is 15.1. The number of aryl methyl sites for hydroxylation is 1. The molecule has 2 heterocycles. The van der Waals surface area contributed by atoms with E-state index in [0.717, 1.165) is 30.0 Å². The van der Waals surface area contributed by atoms with Gasteiger partial charge in [0.25, 0.3) is 0 Å². The lowest BCUT2D eigenvalue weighted by atomic mass is 9.88. The van der Waals surface area contributed by atoms with Crippen LogP contribution in [0.2, 0.25) is 0 Å². The lowest BCUT2D eigenvalue weighted by Crippen LogP contribution is -2.51. The first-order chi connectivity index (χ1) is 9.97. The zero-order valence-corrected chi connectivity index (χ0v) is 13.6. The second kappa shape index (κ2) is 5.62. The Labute approximate surface area is 127 Å². The SMILES string of the molecule is Cc1ccc2c(c1C)OCC(N1CC(C)CC(C)C1)C2O. The summed E-state index contributed by atoms with van der Waals surface area (Å²) in [6, 6.07) is 4.21. The average Bonchev–Trinajstić information content (AvgIpc) is 2.42. The van der Waals surface area contributed by atoms with Crippen LogP contribution in [-0.4, -0.2) is 35.7 Å². The standard InChI is InChI=1S/C18H27NO2/c1-11-7-12(2)9-19(8-11)16-10-21-18-14(4)13(3)5-6-15(18)17(16)20/h5-6,11-12,16-17,20H,7-10H2,1-4H3. The monoisotopic (exact) mass is 289 g/mol. The molecule has 1 fully saturated rings. The molecule has 2 aliphatic heterocycles. The second-order valence-corrected chi connectivity index (χ2v) is 7.15. The Bertz CT molecular complexity index is 518. The molecule has 0 radical (unpaired) electrons. The lowest BCUT2D eigenvalue weighted by Gasteiger charge is -2.44. The molecule has 21 heavy (non-hydrogen) atoms. The zero-order valence-electron chi connectivity index (χ0n) is 13.6. The van der Waals surface area contributed by atoms with Crippen molar-refractivity contribution in [1.29, 1.82) is 0 Å². The van der Waals surface area contributed by atoms with Crippen LogP contribution < -0.4 is 4.74 Å². The summed E-state index contributed by atoms with van der Waals surface area (Å²) in [6.45, 7) is 11.5. The van der Waals surface area contributed by atoms with E-state index in [0.29, 0.717) is 18.4 Å². The summed E-state index contributed by atoms with van der Waals surface area (Å²) in [5.74, 6) is 2.29. The third-order valence-corrected chi connectivity index (χ3v) is 5.15. The number of aliphatic hydroxyl groups is 1. The van der Waals surface area contributed by atoms with Gasteiger partial charge >= 0.3 is 0 Å². The van der Waals surface area contributed by atoms with Gasteiger partial charge in [-0.25, -0.2) is 0 Å². The van der Waals surface area contributed by atoms with Gasteiger partial charge in [0, 0.05) is 18.7 Å². The summed E-state index contributed by atoms with van der Waals surface area (Å²) >= 11 is 0. The van der Waals surface area contributed by atoms with Crippen LogP contribution >= 0.6 is 0 Å². The minimum Gasteiger partial charge on any atom is -0.491 e. The Morgan fingerprint density at radius 3 is 2.48 bits per heavy atom. The van der Waals surface area contributed by atoms with E-state index in [-0.39, 0.29) is 6.04 Å². The molecular formula is C18H27NO2. The fourth-order valence-corrected chi connectivity index (χ4v) is 3.99. The first-order valence-electron chi connectivity index (χ1n) is 8.12. The van der Waals surface area contributed by atoms with Crippen molar-refractivity contribution >= 4 is 0 Å². The van der Waals surface area contributed by atoms with Gasteiger partial charge in [-0.1, -0.05) is 26.0 Å². The molecule has 4 unspecified atom stereocenters. The van der Waals surface area contributed by atoms with Gasteiger partial charge in [-0.05, 0) is 43.2 Å². The number of nitrogens with zero attached hydrogens (tertiary/aromatic N) is 1. The van der Waals surface area contributed by atoms with Crippen molar-refractivity contribution in [2.45, 2.75) is 46.3 Å². The number of rotatable bonds is 1. The molecule has 116 valence electrons. The predicted molar refractivity (Wildman–Crippen MR) is 84.7 cm³/mol. The average molecular weight is 289 g/mol. The van der Waals surface area contributed by atoms with Crippen LogP contribution in [0.1, 0.15) is 43.1 Å². The maximum absolute atomic E-state index is 10.8. The van der Waals surface area contributed by atoms with E-state index in [1.54, 1.807) is 0 Å². The van der Waals surface area contributed by atoms with Gasteiger partial charge < -0.3 is 9.84 Å². The molecule has 0 saturated carbocycles. The Morgan fingerprint density at radius 2 is 1.81 bits per heavy atom. The molecule has 0 bridgehead atoms. The van der Waals surface area contributed by atoms with Crippen LogP contribution in [0.25, 0.3) is 0 Å². The molecule has 0 aromatic heterocycles. The van der Waals surface area contributed by atoms with E-state index >= 15 is 0 Å². The maximum atomic E-state index is 10.8. The van der Waals surface area contributed by atoms with Gasteiger partial charge in [0.05, 0.1) is 6.04 Å². The fraction of sp³-hybridized carbons (Fsp3) is 0.667. The number of likely N-dealkylation sites (tertiary alicyclic amines) is 1. The van der Waals surface area contributed by atoms with Crippen molar-refractivity contribution in [3.8, 4) is 5.75 Å². The van der Waals surface area contributed by atoms with Crippen LogP contribution in [0.4, 0.5) is 0 Å². The lowest BCUT2D eigenvalue weighted by molar-refractivity contribution is -0.0229. The number of hydrogen-bond donors (Lipinski definition) is 1. The van der Waals surface area contributed by atoms with E-state index in [4.69, 9.17) is 4.74 Å². The van der Waals surface area contributed by atoms with Crippen molar-refractivity contribution in [3.05, 3.63) is 28.8 Å². The fourth-order valence-electron chi connectivity index (χ4n) is 3.99. The summed E-state index contributed by atoms with van der Waals surface area (Å²) in [5.41, 5.74) is 3.34. The minimum atomic E-state index is -0.439. The third-order valence-electron chi connectivity index (χ3n) is 5.15. The van der Waals surface area contributed by atoms with Crippen molar-refractivity contribution in [3.63, 3.8) is 0 Å². The first kappa shape index (κ1) is 14.9. The topological polar surface area (TPSA) is 32.7 Å². The summed E-state index contributed by atoms with van der Waals surface area (Å²) in [5, 5.41) is 10.8. The molecule has 3 nitrogen and oxygen atoms in total. The number of fused-ring (bicyclic) bond motifs is 1. The molecule has 2 aliphatic rings. The Kier molecular flexibility index (Phi) is 3.98. The van der Waals surface area contributed by atoms with Gasteiger partial charge in [-0.15, -0.1) is 0 Å². The number of ether oxygens (including phenoxy) is 1. The third kappa shape index (κ3) is 2.69. The highest BCUT2D eigenvalue weighted by Gasteiger charge is 2.37. The first-order valence-corrected chi connectivity index (χ1v) is 8.12. The molecule has 0 aliphatic carbocycles. The number of benzene rings is 1. The van der Waals surface area contributed by atoms with E-state index in [2.05, 4.69) is 38.7 Å². The molecular weight excluding hydrogens is 262 g/mol. The number of aliphatic hydroxyl groups excluding tert-OH is 1. The van der Waals surface area contributed by atoms with E-state index in [9.17, 15) is 5.11 Å². The van der Waals surface area contributed by atoms with E-state index in [1.807, 2.05) is 6.07 Å². The molecule has 4 atom stereocenters. The minimum absolute atomic E-state index is 0.0878. The van der Waals surface area contributed by atoms with Crippen LogP contribution in [0, 0.1) is 25.7 Å². The van der Waals surface area contributed by atoms with Crippen LogP contribution in [-0.2, 0) is 0 Å². The molecule has 1 aromatic carbocycles. The van der Waals surface area contributed by atoms with Crippen molar-refractivity contribution in [2.24, 2.45) is 11.8 Å². The highest BCUT2D eigenvalue weighted by molar-refractivity contribution is 5.48. The summed E-state index contributed by atoms with van der Waals surface area (Å²) in [7, 11) is 0. The van der Waals surface area contributed by atoms with Crippen molar-refractivity contribution < 1.29 is 9.84 Å². The van der Waals surface area contributed by atoms with Crippen LogP contribution in [0.5, 0.6) is 5.75 Å². The summed E-state index contributed by atoms with van der Waals surface area (Å²) in [4.78, 5) is 2.43. The molecule has 3 heteroatoms.